The van der Waals surface area contributed by atoms with Gasteiger partial charge in [-0.2, -0.15) is 0 Å². The number of aromatic hydroxyl groups is 1. The van der Waals surface area contributed by atoms with E-state index in [1.54, 1.807) is 12.1 Å². The van der Waals surface area contributed by atoms with Gasteiger partial charge < -0.3 is 14.8 Å². The lowest BCUT2D eigenvalue weighted by Gasteiger charge is -2.26. The number of nitrogens with zero attached hydrogens (tertiary/aromatic N) is 2. The van der Waals surface area contributed by atoms with Gasteiger partial charge in [-0.15, -0.1) is 0 Å². The van der Waals surface area contributed by atoms with Crippen molar-refractivity contribution in [2.24, 2.45) is 4.99 Å². The number of hydrogen-bond donors (Lipinski definition) is 2. The second-order valence-corrected chi connectivity index (χ2v) is 7.39. The van der Waals surface area contributed by atoms with Gasteiger partial charge in [0.1, 0.15) is 5.82 Å². The Morgan fingerprint density at radius 2 is 1.90 bits per heavy atom. The number of unbranched alkanes of at least 4 members (excludes halogenated alkanes) is 1. The molecule has 0 spiro atoms. The van der Waals surface area contributed by atoms with Crippen LogP contribution in [0.5, 0.6) is 5.88 Å². The lowest BCUT2D eigenvalue weighted by atomic mass is 10.1. The van der Waals surface area contributed by atoms with Gasteiger partial charge in [-0.25, -0.2) is 4.39 Å². The van der Waals surface area contributed by atoms with Gasteiger partial charge in [0.25, 0.3) is 0 Å². The van der Waals surface area contributed by atoms with Gasteiger partial charge in [0, 0.05) is 24.7 Å². The van der Waals surface area contributed by atoms with Crippen molar-refractivity contribution >= 4 is 22.8 Å². The van der Waals surface area contributed by atoms with Gasteiger partial charge in [-0.3, -0.25) is 9.89 Å². The number of rotatable bonds is 7. The van der Waals surface area contributed by atoms with E-state index in [9.17, 15) is 9.50 Å². The van der Waals surface area contributed by atoms with E-state index < -0.39 is 0 Å². The van der Waals surface area contributed by atoms with Gasteiger partial charge in [-0.05, 0) is 55.6 Å². The summed E-state index contributed by atoms with van der Waals surface area (Å²) in [5, 5.41) is 10.4. The number of hydrogen-bond acceptors (Lipinski definition) is 4. The number of H-pyrrole nitrogens is 1. The zero-order valence-corrected chi connectivity index (χ0v) is 16.4. The minimum atomic E-state index is -0.382. The number of ether oxygens (including phenoxy) is 1. The normalized spacial score (nSPS) is 15.5. The molecule has 0 saturated carbocycles. The summed E-state index contributed by atoms with van der Waals surface area (Å²) in [6, 6.07) is 12.8. The summed E-state index contributed by atoms with van der Waals surface area (Å²) in [7, 11) is 0. The molecular formula is C23H26FN3O2. The third-order valence-corrected chi connectivity index (χ3v) is 5.36. The van der Waals surface area contributed by atoms with Crippen molar-refractivity contribution in [3.63, 3.8) is 0 Å². The van der Waals surface area contributed by atoms with Crippen LogP contribution in [-0.4, -0.2) is 54.1 Å². The van der Waals surface area contributed by atoms with Crippen molar-refractivity contribution in [2.45, 2.75) is 19.3 Å². The molecule has 1 fully saturated rings. The minimum absolute atomic E-state index is 0.0780. The molecular weight excluding hydrogens is 369 g/mol. The van der Waals surface area contributed by atoms with E-state index in [4.69, 9.17) is 4.74 Å². The lowest BCUT2D eigenvalue weighted by molar-refractivity contribution is 0.0372. The molecule has 0 unspecified atom stereocenters. The van der Waals surface area contributed by atoms with E-state index in [1.165, 1.54) is 24.3 Å². The first kappa shape index (κ1) is 19.6. The molecule has 29 heavy (non-hydrogen) atoms. The van der Waals surface area contributed by atoms with Crippen LogP contribution >= 0.6 is 0 Å². The van der Waals surface area contributed by atoms with Crippen LogP contribution < -0.4 is 0 Å². The molecule has 1 saturated heterocycles. The van der Waals surface area contributed by atoms with E-state index in [-0.39, 0.29) is 11.7 Å². The zero-order chi connectivity index (χ0) is 20.1. The summed E-state index contributed by atoms with van der Waals surface area (Å²) in [4.78, 5) is 9.65. The second-order valence-electron chi connectivity index (χ2n) is 7.39. The van der Waals surface area contributed by atoms with Gasteiger partial charge in [0.2, 0.25) is 0 Å². The average molecular weight is 395 g/mol. The minimum Gasteiger partial charge on any atom is -0.494 e. The number of fused-ring (bicyclic) bond motifs is 1. The highest BCUT2D eigenvalue weighted by Crippen LogP contribution is 2.28. The average Bonchev–Trinajstić information content (AvgIpc) is 3.07. The van der Waals surface area contributed by atoms with Crippen LogP contribution in [0, 0.1) is 5.82 Å². The molecule has 5 nitrogen and oxygen atoms in total. The second kappa shape index (κ2) is 9.20. The van der Waals surface area contributed by atoms with Crippen molar-refractivity contribution in [1.29, 1.82) is 0 Å². The Morgan fingerprint density at radius 1 is 1.10 bits per heavy atom. The Balaban J connectivity index is 1.33. The fourth-order valence-corrected chi connectivity index (χ4v) is 3.72. The third-order valence-electron chi connectivity index (χ3n) is 5.36. The maximum absolute atomic E-state index is 14.1. The number of aliphatic imine (C=N–C) groups is 1. The fourth-order valence-electron chi connectivity index (χ4n) is 3.72. The summed E-state index contributed by atoms with van der Waals surface area (Å²) >= 11 is 0. The number of nitrogens with one attached hydrogen (secondary N) is 1. The Bertz CT molecular complexity index is 976. The summed E-state index contributed by atoms with van der Waals surface area (Å²) in [5.41, 5.74) is 2.97. The summed E-state index contributed by atoms with van der Waals surface area (Å²) in [6.07, 6.45) is 4.89. The summed E-state index contributed by atoms with van der Waals surface area (Å²) in [6.45, 7) is 4.93. The molecule has 0 bridgehead atoms. The molecule has 2 N–H and O–H groups in total. The molecule has 0 aliphatic carbocycles. The SMILES string of the molecule is Oc1[nH]c2cccc(F)c2c1C=Nc1ccc(CCCCN2CCOCC2)cc1. The number of aryl methyl sites for hydroxylation is 1. The third kappa shape index (κ3) is 4.83. The van der Waals surface area contributed by atoms with Crippen LogP contribution in [0.15, 0.2) is 47.5 Å². The molecule has 2 aromatic carbocycles. The summed E-state index contributed by atoms with van der Waals surface area (Å²) in [5.74, 6) is -0.460. The summed E-state index contributed by atoms with van der Waals surface area (Å²) < 4.78 is 19.5. The smallest absolute Gasteiger partial charge is 0.198 e. The molecule has 3 aromatic rings. The van der Waals surface area contributed by atoms with Crippen molar-refractivity contribution < 1.29 is 14.2 Å². The van der Waals surface area contributed by atoms with Gasteiger partial charge >= 0.3 is 0 Å². The Morgan fingerprint density at radius 3 is 2.69 bits per heavy atom. The highest BCUT2D eigenvalue weighted by atomic mass is 19.1. The quantitative estimate of drug-likeness (QED) is 0.460. The lowest BCUT2D eigenvalue weighted by Crippen LogP contribution is -2.36. The molecule has 0 amide bonds. The van der Waals surface area contributed by atoms with Crippen molar-refractivity contribution in [2.75, 3.05) is 32.8 Å². The maximum Gasteiger partial charge on any atom is 0.198 e. The van der Waals surface area contributed by atoms with Gasteiger partial charge in [0.05, 0.1) is 30.0 Å². The first-order valence-electron chi connectivity index (χ1n) is 10.1. The maximum atomic E-state index is 14.1. The standard InChI is InChI=1S/C23H26FN3O2/c24-20-5-3-6-21-22(20)19(23(28)26-21)16-25-18-9-7-17(8-10-18)4-1-2-11-27-12-14-29-15-13-27/h3,5-10,16,26,28H,1-2,4,11-15H2. The zero-order valence-electron chi connectivity index (χ0n) is 16.4. The van der Waals surface area contributed by atoms with E-state index in [0.29, 0.717) is 16.5 Å². The fraction of sp³-hybridized carbons (Fsp3) is 0.348. The number of aromatic amines is 1. The van der Waals surface area contributed by atoms with Crippen LogP contribution in [-0.2, 0) is 11.2 Å². The highest BCUT2D eigenvalue weighted by molar-refractivity contribution is 6.02. The van der Waals surface area contributed by atoms with E-state index in [1.807, 2.05) is 12.1 Å². The molecule has 152 valence electrons. The largest absolute Gasteiger partial charge is 0.494 e. The molecule has 1 aromatic heterocycles. The molecule has 1 aliphatic rings. The Labute approximate surface area is 169 Å². The molecule has 2 heterocycles. The predicted molar refractivity (Wildman–Crippen MR) is 114 cm³/mol. The van der Waals surface area contributed by atoms with Crippen LogP contribution in [0.4, 0.5) is 10.1 Å². The van der Waals surface area contributed by atoms with Gasteiger partial charge in [-0.1, -0.05) is 18.2 Å². The van der Waals surface area contributed by atoms with Crippen LogP contribution in [0.1, 0.15) is 24.0 Å². The van der Waals surface area contributed by atoms with E-state index in [2.05, 4.69) is 27.0 Å². The van der Waals surface area contributed by atoms with E-state index >= 15 is 0 Å². The van der Waals surface area contributed by atoms with Crippen molar-refractivity contribution in [3.05, 3.63) is 59.4 Å². The van der Waals surface area contributed by atoms with E-state index in [0.717, 1.165) is 51.4 Å². The first-order chi connectivity index (χ1) is 14.2. The molecule has 0 radical (unpaired) electrons. The topological polar surface area (TPSA) is 60.8 Å². The van der Waals surface area contributed by atoms with Crippen LogP contribution in [0.2, 0.25) is 0 Å². The van der Waals surface area contributed by atoms with Crippen LogP contribution in [0.3, 0.4) is 0 Å². The molecule has 4 rings (SSSR count). The Hall–Kier alpha value is -2.70. The number of morpholine rings is 1. The number of benzene rings is 2. The van der Waals surface area contributed by atoms with Crippen molar-refractivity contribution in [1.82, 2.24) is 9.88 Å². The van der Waals surface area contributed by atoms with Crippen LogP contribution in [0.25, 0.3) is 10.9 Å². The molecule has 1 aliphatic heterocycles. The number of halogens is 1. The first-order valence-corrected chi connectivity index (χ1v) is 10.1. The Kier molecular flexibility index (Phi) is 6.22. The highest BCUT2D eigenvalue weighted by Gasteiger charge is 2.12. The molecule has 0 atom stereocenters. The van der Waals surface area contributed by atoms with Gasteiger partial charge in [0.15, 0.2) is 5.88 Å². The van der Waals surface area contributed by atoms with Crippen molar-refractivity contribution in [3.8, 4) is 5.88 Å². The monoisotopic (exact) mass is 395 g/mol. The number of aromatic nitrogens is 1. The predicted octanol–water partition coefficient (Wildman–Crippen LogP) is 4.42. The molecule has 6 heteroatoms.